The second-order valence-electron chi connectivity index (χ2n) is 3.99. The van der Waals surface area contributed by atoms with Crippen molar-refractivity contribution in [3.05, 3.63) is 0 Å². The summed E-state index contributed by atoms with van der Waals surface area (Å²) in [5, 5.41) is 0. The number of hydrogen-bond donors (Lipinski definition) is 1. The number of likely N-dealkylation sites (tertiary alicyclic amines) is 1. The van der Waals surface area contributed by atoms with Crippen LogP contribution < -0.4 is 5.73 Å². The van der Waals surface area contributed by atoms with Gasteiger partial charge in [0, 0.05) is 19.1 Å². The summed E-state index contributed by atoms with van der Waals surface area (Å²) in [6, 6.07) is 0.434. The Kier molecular flexibility index (Phi) is 1.29. The fourth-order valence-corrected chi connectivity index (χ4v) is 2.56. The Balaban J connectivity index is 1.92. The van der Waals surface area contributed by atoms with Crippen molar-refractivity contribution in [2.45, 2.75) is 13.0 Å². The summed E-state index contributed by atoms with van der Waals surface area (Å²) in [4.78, 5) is 2.41. The minimum atomic E-state index is 0.434. The Morgan fingerprint density at radius 1 is 1.40 bits per heavy atom. The third-order valence-corrected chi connectivity index (χ3v) is 3.05. The highest BCUT2D eigenvalue weighted by atomic mass is 15.2. The minimum Gasteiger partial charge on any atom is -0.328 e. The SMILES string of the molecule is CC(N)C1C2CN(C)C[C@@H]21. The lowest BCUT2D eigenvalue weighted by molar-refractivity contribution is 0.331. The number of nitrogens with zero attached hydrogens (tertiary/aromatic N) is 1. The molecule has 2 fully saturated rings. The second kappa shape index (κ2) is 1.95. The normalized spacial score (nSPS) is 48.9. The molecule has 0 radical (unpaired) electrons. The van der Waals surface area contributed by atoms with Gasteiger partial charge in [0.05, 0.1) is 0 Å². The molecule has 2 rings (SSSR count). The van der Waals surface area contributed by atoms with Crippen molar-refractivity contribution in [3.63, 3.8) is 0 Å². The fourth-order valence-electron chi connectivity index (χ4n) is 2.56. The van der Waals surface area contributed by atoms with E-state index in [0.29, 0.717) is 6.04 Å². The van der Waals surface area contributed by atoms with E-state index in [9.17, 15) is 0 Å². The van der Waals surface area contributed by atoms with Crippen LogP contribution in [0.4, 0.5) is 0 Å². The van der Waals surface area contributed by atoms with E-state index in [1.54, 1.807) is 0 Å². The summed E-state index contributed by atoms with van der Waals surface area (Å²) in [6.07, 6.45) is 0. The predicted molar refractivity (Wildman–Crippen MR) is 41.6 cm³/mol. The maximum atomic E-state index is 5.81. The van der Waals surface area contributed by atoms with E-state index in [-0.39, 0.29) is 0 Å². The molecular weight excluding hydrogens is 124 g/mol. The average Bonchev–Trinajstić information content (AvgIpc) is 2.32. The fraction of sp³-hybridized carbons (Fsp3) is 1.00. The molecule has 2 N–H and O–H groups in total. The molecule has 1 aliphatic carbocycles. The smallest absolute Gasteiger partial charge is 0.00452 e. The van der Waals surface area contributed by atoms with Gasteiger partial charge in [0.15, 0.2) is 0 Å². The lowest BCUT2D eigenvalue weighted by Gasteiger charge is -2.14. The summed E-state index contributed by atoms with van der Waals surface area (Å²) in [6.45, 7) is 4.72. The van der Waals surface area contributed by atoms with Crippen LogP contribution in [-0.4, -0.2) is 31.1 Å². The molecular formula is C8H16N2. The highest BCUT2D eigenvalue weighted by molar-refractivity contribution is 5.07. The molecule has 0 spiro atoms. The lowest BCUT2D eigenvalue weighted by Crippen LogP contribution is -2.27. The maximum absolute atomic E-state index is 5.81. The molecule has 1 saturated carbocycles. The number of piperidine rings is 1. The van der Waals surface area contributed by atoms with Gasteiger partial charge in [-0.3, -0.25) is 0 Å². The van der Waals surface area contributed by atoms with Gasteiger partial charge < -0.3 is 10.6 Å². The van der Waals surface area contributed by atoms with E-state index in [4.69, 9.17) is 5.73 Å². The van der Waals surface area contributed by atoms with Crippen molar-refractivity contribution in [2.24, 2.45) is 23.5 Å². The Morgan fingerprint density at radius 2 is 1.90 bits per heavy atom. The van der Waals surface area contributed by atoms with Crippen LogP contribution in [0.2, 0.25) is 0 Å². The molecule has 3 unspecified atom stereocenters. The monoisotopic (exact) mass is 140 g/mol. The van der Waals surface area contributed by atoms with Gasteiger partial charge in [-0.25, -0.2) is 0 Å². The third-order valence-electron chi connectivity index (χ3n) is 3.05. The molecule has 0 aromatic heterocycles. The van der Waals surface area contributed by atoms with Gasteiger partial charge in [-0.15, -0.1) is 0 Å². The molecule has 1 heterocycles. The van der Waals surface area contributed by atoms with Crippen molar-refractivity contribution in [1.29, 1.82) is 0 Å². The zero-order chi connectivity index (χ0) is 7.30. The standard InChI is InChI=1S/C8H16N2/c1-5(9)8-6-3-10(2)4-7(6)8/h5-8H,3-4,9H2,1-2H3/t5?,6-,7?,8?/m0/s1. The first-order chi connectivity index (χ1) is 4.70. The van der Waals surface area contributed by atoms with Gasteiger partial charge in [0.1, 0.15) is 0 Å². The van der Waals surface area contributed by atoms with Crippen LogP contribution in [0.1, 0.15) is 6.92 Å². The molecule has 4 atom stereocenters. The maximum Gasteiger partial charge on any atom is 0.00452 e. The first-order valence-electron chi connectivity index (χ1n) is 4.14. The Hall–Kier alpha value is -0.0800. The second-order valence-corrected chi connectivity index (χ2v) is 3.99. The Morgan fingerprint density at radius 3 is 2.30 bits per heavy atom. The molecule has 1 aliphatic heterocycles. The van der Waals surface area contributed by atoms with E-state index in [0.717, 1.165) is 17.8 Å². The highest BCUT2D eigenvalue weighted by Gasteiger charge is 2.55. The quantitative estimate of drug-likeness (QED) is 0.561. The molecule has 0 aromatic carbocycles. The number of nitrogens with two attached hydrogens (primary N) is 1. The van der Waals surface area contributed by atoms with Crippen molar-refractivity contribution >= 4 is 0 Å². The van der Waals surface area contributed by atoms with Crippen molar-refractivity contribution in [3.8, 4) is 0 Å². The van der Waals surface area contributed by atoms with Gasteiger partial charge in [0.25, 0.3) is 0 Å². The van der Waals surface area contributed by atoms with Crippen LogP contribution in [0.5, 0.6) is 0 Å². The first-order valence-corrected chi connectivity index (χ1v) is 4.14. The molecule has 2 nitrogen and oxygen atoms in total. The molecule has 0 aromatic rings. The van der Waals surface area contributed by atoms with Crippen LogP contribution in [-0.2, 0) is 0 Å². The van der Waals surface area contributed by atoms with Crippen LogP contribution >= 0.6 is 0 Å². The van der Waals surface area contributed by atoms with Crippen LogP contribution in [0.15, 0.2) is 0 Å². The zero-order valence-corrected chi connectivity index (χ0v) is 6.75. The Labute approximate surface area is 62.4 Å². The average molecular weight is 140 g/mol. The van der Waals surface area contributed by atoms with E-state index < -0.39 is 0 Å². The molecule has 2 aliphatic rings. The van der Waals surface area contributed by atoms with Gasteiger partial charge >= 0.3 is 0 Å². The molecule has 0 amide bonds. The van der Waals surface area contributed by atoms with Crippen LogP contribution in [0.3, 0.4) is 0 Å². The number of fused-ring (bicyclic) bond motifs is 1. The summed E-state index contributed by atoms with van der Waals surface area (Å²) < 4.78 is 0. The van der Waals surface area contributed by atoms with E-state index in [1.165, 1.54) is 13.1 Å². The van der Waals surface area contributed by atoms with Gasteiger partial charge in [-0.2, -0.15) is 0 Å². The van der Waals surface area contributed by atoms with Crippen LogP contribution in [0, 0.1) is 17.8 Å². The van der Waals surface area contributed by atoms with E-state index in [2.05, 4.69) is 18.9 Å². The predicted octanol–water partition coefficient (Wildman–Crippen LogP) is 0.141. The minimum absolute atomic E-state index is 0.434. The molecule has 1 saturated heterocycles. The van der Waals surface area contributed by atoms with E-state index in [1.807, 2.05) is 0 Å². The van der Waals surface area contributed by atoms with Crippen molar-refractivity contribution in [1.82, 2.24) is 4.90 Å². The summed E-state index contributed by atoms with van der Waals surface area (Å²) in [5.74, 6) is 2.76. The third kappa shape index (κ3) is 0.789. The number of hydrogen-bond acceptors (Lipinski definition) is 2. The zero-order valence-electron chi connectivity index (χ0n) is 6.75. The Bertz CT molecular complexity index is 132. The molecule has 58 valence electrons. The first kappa shape index (κ1) is 6.62. The summed E-state index contributed by atoms with van der Waals surface area (Å²) in [7, 11) is 2.20. The summed E-state index contributed by atoms with van der Waals surface area (Å²) in [5.41, 5.74) is 5.81. The number of rotatable bonds is 1. The van der Waals surface area contributed by atoms with Crippen molar-refractivity contribution in [2.75, 3.05) is 20.1 Å². The van der Waals surface area contributed by atoms with Gasteiger partial charge in [-0.05, 0) is 31.7 Å². The van der Waals surface area contributed by atoms with E-state index >= 15 is 0 Å². The molecule has 10 heavy (non-hydrogen) atoms. The lowest BCUT2D eigenvalue weighted by atomic mass is 10.1. The largest absolute Gasteiger partial charge is 0.328 e. The van der Waals surface area contributed by atoms with Crippen LogP contribution in [0.25, 0.3) is 0 Å². The van der Waals surface area contributed by atoms with Crippen molar-refractivity contribution < 1.29 is 0 Å². The molecule has 0 bridgehead atoms. The van der Waals surface area contributed by atoms with Gasteiger partial charge in [-0.1, -0.05) is 0 Å². The van der Waals surface area contributed by atoms with Gasteiger partial charge in [0.2, 0.25) is 0 Å². The highest BCUT2D eigenvalue weighted by Crippen LogP contribution is 2.52. The summed E-state index contributed by atoms with van der Waals surface area (Å²) >= 11 is 0. The molecule has 2 heteroatoms. The topological polar surface area (TPSA) is 29.3 Å².